The fourth-order valence-corrected chi connectivity index (χ4v) is 2.23. The molecule has 8 heteroatoms. The number of rotatable bonds is 6. The number of nitrogens with zero attached hydrogens (tertiary/aromatic N) is 4. The zero-order valence-corrected chi connectivity index (χ0v) is 14.5. The first-order valence-electron chi connectivity index (χ1n) is 7.48. The summed E-state index contributed by atoms with van der Waals surface area (Å²) in [6, 6.07) is 6.88. The summed E-state index contributed by atoms with van der Waals surface area (Å²) in [5.74, 6) is 0.398. The molecule has 0 fully saturated rings. The number of anilines is 1. The first-order chi connectivity index (χ1) is 12.0. The molecule has 2 aromatic rings. The van der Waals surface area contributed by atoms with Gasteiger partial charge in [-0.15, -0.1) is 0 Å². The Morgan fingerprint density at radius 2 is 2.12 bits per heavy atom. The molecule has 1 aromatic carbocycles. The summed E-state index contributed by atoms with van der Waals surface area (Å²) in [6.07, 6.45) is 1.88. The lowest BCUT2D eigenvalue weighted by Crippen LogP contribution is -2.24. The van der Waals surface area contributed by atoms with Gasteiger partial charge in [-0.3, -0.25) is 0 Å². The average Bonchev–Trinajstić information content (AvgIpc) is 2.65. The highest BCUT2D eigenvalue weighted by Gasteiger charge is 2.28. The summed E-state index contributed by atoms with van der Waals surface area (Å²) in [7, 11) is 4.90. The lowest BCUT2D eigenvalue weighted by Gasteiger charge is -2.22. The zero-order chi connectivity index (χ0) is 18.4. The van der Waals surface area contributed by atoms with E-state index in [9.17, 15) is 4.79 Å². The van der Waals surface area contributed by atoms with Gasteiger partial charge in [-0.2, -0.15) is 0 Å². The summed E-state index contributed by atoms with van der Waals surface area (Å²) in [4.78, 5) is 22.2. The van der Waals surface area contributed by atoms with Crippen molar-refractivity contribution >= 4 is 17.5 Å². The normalized spacial score (nSPS) is 12.4. The van der Waals surface area contributed by atoms with Crippen LogP contribution >= 0.6 is 0 Å². The Kier molecular flexibility index (Phi) is 5.89. The fourth-order valence-electron chi connectivity index (χ4n) is 2.23. The maximum Gasteiger partial charge on any atom is 0.352 e. The average molecular weight is 344 g/mol. The number of hydrogen-bond acceptors (Lipinski definition) is 8. The molecule has 0 saturated carbocycles. The van der Waals surface area contributed by atoms with Gasteiger partial charge in [-0.05, 0) is 19.1 Å². The van der Waals surface area contributed by atoms with Crippen molar-refractivity contribution in [1.29, 1.82) is 0 Å². The number of oxime groups is 1. The molecule has 0 aliphatic rings. The molecular weight excluding hydrogens is 324 g/mol. The number of ether oxygens (including phenoxy) is 2. The van der Waals surface area contributed by atoms with Crippen molar-refractivity contribution in [3.63, 3.8) is 0 Å². The number of carbonyl (C=O) groups is 1. The first-order valence-corrected chi connectivity index (χ1v) is 7.48. The highest BCUT2D eigenvalue weighted by atomic mass is 16.6. The lowest BCUT2D eigenvalue weighted by atomic mass is 10.1. The molecule has 0 radical (unpaired) electrons. The highest BCUT2D eigenvalue weighted by molar-refractivity contribution is 5.98. The number of benzene rings is 1. The van der Waals surface area contributed by atoms with E-state index in [0.717, 1.165) is 0 Å². The van der Waals surface area contributed by atoms with E-state index in [1.807, 2.05) is 14.1 Å². The van der Waals surface area contributed by atoms with Crippen molar-refractivity contribution in [3.8, 4) is 5.75 Å². The smallest absolute Gasteiger partial charge is 0.352 e. The van der Waals surface area contributed by atoms with Crippen LogP contribution in [-0.2, 0) is 9.53 Å². The number of carbonyl (C=O) groups excluding carboxylic acids is 1. The lowest BCUT2D eigenvalue weighted by molar-refractivity contribution is -0.149. The predicted molar refractivity (Wildman–Crippen MR) is 92.2 cm³/mol. The van der Waals surface area contributed by atoms with Crippen molar-refractivity contribution < 1.29 is 19.5 Å². The molecule has 8 nitrogen and oxygen atoms in total. The number of aromatic nitrogens is 2. The van der Waals surface area contributed by atoms with E-state index < -0.39 is 12.1 Å². The molecule has 2 rings (SSSR count). The molecule has 1 heterocycles. The van der Waals surface area contributed by atoms with Crippen LogP contribution in [0.4, 0.5) is 5.82 Å². The first kappa shape index (κ1) is 18.2. The van der Waals surface area contributed by atoms with E-state index in [1.54, 1.807) is 36.1 Å². The second-order valence-corrected chi connectivity index (χ2v) is 5.43. The van der Waals surface area contributed by atoms with Crippen molar-refractivity contribution in [2.75, 3.05) is 26.1 Å². The second kappa shape index (κ2) is 8.09. The third-order valence-electron chi connectivity index (χ3n) is 3.50. The molecule has 25 heavy (non-hydrogen) atoms. The maximum absolute atomic E-state index is 12.3. The molecule has 132 valence electrons. The summed E-state index contributed by atoms with van der Waals surface area (Å²) in [5.41, 5.74) is 1.58. The maximum atomic E-state index is 12.3. The van der Waals surface area contributed by atoms with Crippen LogP contribution < -0.4 is 9.64 Å². The van der Waals surface area contributed by atoms with Crippen LogP contribution in [0.5, 0.6) is 5.75 Å². The van der Waals surface area contributed by atoms with Gasteiger partial charge in [-0.25, -0.2) is 14.8 Å². The van der Waals surface area contributed by atoms with E-state index in [2.05, 4.69) is 15.1 Å². The van der Waals surface area contributed by atoms with Crippen LogP contribution in [0.1, 0.15) is 24.2 Å². The van der Waals surface area contributed by atoms with Crippen molar-refractivity contribution in [2.24, 2.45) is 5.16 Å². The summed E-state index contributed by atoms with van der Waals surface area (Å²) >= 11 is 0. The Hall–Kier alpha value is -3.16. The van der Waals surface area contributed by atoms with Gasteiger partial charge < -0.3 is 19.6 Å². The predicted octanol–water partition coefficient (Wildman–Crippen LogP) is 2.03. The van der Waals surface area contributed by atoms with Crippen molar-refractivity contribution in [1.82, 2.24) is 9.97 Å². The van der Waals surface area contributed by atoms with Gasteiger partial charge in [0.2, 0.25) is 6.10 Å². The minimum absolute atomic E-state index is 0.421. The van der Waals surface area contributed by atoms with Gasteiger partial charge in [0.05, 0.1) is 18.4 Å². The molecular formula is C17H20N4O4. The molecule has 1 unspecified atom stereocenters. The molecule has 1 aromatic heterocycles. The molecule has 0 saturated heterocycles. The zero-order valence-electron chi connectivity index (χ0n) is 14.5. The molecule has 0 aliphatic carbocycles. The van der Waals surface area contributed by atoms with E-state index in [0.29, 0.717) is 28.4 Å². The van der Waals surface area contributed by atoms with Gasteiger partial charge >= 0.3 is 5.97 Å². The summed E-state index contributed by atoms with van der Waals surface area (Å²) in [5, 5.41) is 12.1. The van der Waals surface area contributed by atoms with Crippen LogP contribution in [0, 0.1) is 0 Å². The molecule has 1 atom stereocenters. The van der Waals surface area contributed by atoms with Crippen LogP contribution in [0.25, 0.3) is 0 Å². The van der Waals surface area contributed by atoms with E-state index >= 15 is 0 Å². The van der Waals surface area contributed by atoms with E-state index in [-0.39, 0.29) is 0 Å². The Bertz CT molecular complexity index is 777. The highest BCUT2D eigenvalue weighted by Crippen LogP contribution is 2.28. The van der Waals surface area contributed by atoms with E-state index in [1.165, 1.54) is 19.6 Å². The number of hydrogen-bond donors (Lipinski definition) is 1. The van der Waals surface area contributed by atoms with Crippen molar-refractivity contribution in [2.45, 2.75) is 13.0 Å². The van der Waals surface area contributed by atoms with Crippen LogP contribution in [0.3, 0.4) is 0 Å². The molecule has 0 amide bonds. The number of methoxy groups -OCH3 is 1. The summed E-state index contributed by atoms with van der Waals surface area (Å²) < 4.78 is 10.7. The van der Waals surface area contributed by atoms with Gasteiger partial charge in [0.15, 0.2) is 0 Å². The van der Waals surface area contributed by atoms with Crippen LogP contribution in [-0.4, -0.2) is 48.1 Å². The minimum Gasteiger partial charge on any atom is -0.474 e. The number of esters is 1. The fraction of sp³-hybridized carbons (Fsp3) is 0.294. The minimum atomic E-state index is -1.04. The monoisotopic (exact) mass is 344 g/mol. The van der Waals surface area contributed by atoms with Gasteiger partial charge in [0.1, 0.15) is 17.9 Å². The molecule has 1 N–H and O–H groups in total. The molecule has 0 spiro atoms. The van der Waals surface area contributed by atoms with E-state index in [4.69, 9.17) is 14.7 Å². The Morgan fingerprint density at radius 3 is 2.76 bits per heavy atom. The third-order valence-corrected chi connectivity index (χ3v) is 3.50. The Labute approximate surface area is 145 Å². The Balaban J connectivity index is 2.42. The second-order valence-electron chi connectivity index (χ2n) is 5.43. The van der Waals surface area contributed by atoms with Gasteiger partial charge in [0.25, 0.3) is 0 Å². The third kappa shape index (κ3) is 4.23. The topological polar surface area (TPSA) is 97.1 Å². The summed E-state index contributed by atoms with van der Waals surface area (Å²) in [6.45, 7) is 1.66. The largest absolute Gasteiger partial charge is 0.474 e. The van der Waals surface area contributed by atoms with Gasteiger partial charge in [0, 0.05) is 25.9 Å². The Morgan fingerprint density at radius 1 is 1.36 bits per heavy atom. The van der Waals surface area contributed by atoms with Crippen LogP contribution in [0.2, 0.25) is 0 Å². The molecule has 0 aliphatic heterocycles. The molecule has 0 bridgehead atoms. The SMILES string of the molecule is COC(=O)C(Oc1cccc(C(C)=NO)c1)c1cncnc1N(C)C. The van der Waals surface area contributed by atoms with Gasteiger partial charge in [-0.1, -0.05) is 17.3 Å². The quantitative estimate of drug-likeness (QED) is 0.370. The van der Waals surface area contributed by atoms with Crippen LogP contribution in [0.15, 0.2) is 41.9 Å². The van der Waals surface area contributed by atoms with Crippen molar-refractivity contribution in [3.05, 3.63) is 47.9 Å². The standard InChI is InChI=1S/C17H20N4O4/c1-11(20-23)12-6-5-7-13(8-12)25-15(17(22)24-4)14-9-18-10-19-16(14)21(2)3/h5-10,15,23H,1-4H3.